The molecule has 0 aromatic carbocycles. The molecule has 0 aliphatic heterocycles. The van der Waals surface area contributed by atoms with Gasteiger partial charge in [0.05, 0.1) is 17.2 Å². The highest BCUT2D eigenvalue weighted by atomic mass is 32.1. The van der Waals surface area contributed by atoms with Gasteiger partial charge in [0.1, 0.15) is 0 Å². The van der Waals surface area contributed by atoms with E-state index < -0.39 is 0 Å². The van der Waals surface area contributed by atoms with Crippen LogP contribution in [0.25, 0.3) is 0 Å². The first kappa shape index (κ1) is 12.8. The van der Waals surface area contributed by atoms with E-state index in [4.69, 9.17) is 4.98 Å². The minimum Gasteiger partial charge on any atom is -0.391 e. The van der Waals surface area contributed by atoms with Gasteiger partial charge in [0.25, 0.3) is 0 Å². The molecular weight excluding hydrogens is 232 g/mol. The Morgan fingerprint density at radius 3 is 2.41 bits per heavy atom. The molecular formula is C13H22N2OS. The number of anilines is 1. The van der Waals surface area contributed by atoms with Crippen LogP contribution in [-0.4, -0.2) is 22.7 Å². The molecule has 1 aromatic rings. The Morgan fingerprint density at radius 1 is 1.41 bits per heavy atom. The first-order valence-corrected chi connectivity index (χ1v) is 7.16. The van der Waals surface area contributed by atoms with Crippen molar-refractivity contribution in [3.63, 3.8) is 0 Å². The third-order valence-electron chi connectivity index (χ3n) is 3.11. The predicted molar refractivity (Wildman–Crippen MR) is 72.8 cm³/mol. The van der Waals surface area contributed by atoms with Gasteiger partial charge in [-0.3, -0.25) is 0 Å². The monoisotopic (exact) mass is 254 g/mol. The molecule has 1 N–H and O–H groups in total. The summed E-state index contributed by atoms with van der Waals surface area (Å²) < 4.78 is 0. The highest BCUT2D eigenvalue weighted by molar-refractivity contribution is 7.15. The van der Waals surface area contributed by atoms with E-state index in [-0.39, 0.29) is 12.0 Å². The van der Waals surface area contributed by atoms with Gasteiger partial charge in [0.15, 0.2) is 5.13 Å². The van der Waals surface area contributed by atoms with E-state index in [1.165, 1.54) is 12.8 Å². The molecule has 0 atom stereocenters. The molecule has 1 fully saturated rings. The zero-order valence-corrected chi connectivity index (χ0v) is 12.0. The van der Waals surface area contributed by atoms with Gasteiger partial charge >= 0.3 is 0 Å². The first-order chi connectivity index (χ1) is 7.97. The van der Waals surface area contributed by atoms with Crippen LogP contribution in [0.5, 0.6) is 0 Å². The fourth-order valence-electron chi connectivity index (χ4n) is 2.09. The summed E-state index contributed by atoms with van der Waals surface area (Å²) in [6.45, 7) is 9.74. The molecule has 4 heteroatoms. The van der Waals surface area contributed by atoms with Gasteiger partial charge in [-0.1, -0.05) is 32.1 Å². The summed E-state index contributed by atoms with van der Waals surface area (Å²) in [7, 11) is 0. The number of rotatable bonds is 4. The second kappa shape index (κ2) is 4.58. The fourth-order valence-corrected chi connectivity index (χ4v) is 3.36. The van der Waals surface area contributed by atoms with Crippen molar-refractivity contribution >= 4 is 16.5 Å². The molecule has 3 nitrogen and oxygen atoms in total. The van der Waals surface area contributed by atoms with Crippen LogP contribution < -0.4 is 4.90 Å². The van der Waals surface area contributed by atoms with Crippen LogP contribution in [0.1, 0.15) is 51.1 Å². The van der Waals surface area contributed by atoms with Crippen LogP contribution in [0.4, 0.5) is 5.13 Å². The molecule has 1 aliphatic carbocycles. The minimum atomic E-state index is 0.00970. The normalized spacial score (nSPS) is 16.3. The summed E-state index contributed by atoms with van der Waals surface area (Å²) in [5.41, 5.74) is 1.06. The molecule has 17 heavy (non-hydrogen) atoms. The number of aromatic nitrogens is 1. The van der Waals surface area contributed by atoms with Gasteiger partial charge in [0, 0.05) is 18.0 Å². The molecule has 1 heterocycles. The van der Waals surface area contributed by atoms with Crippen LogP contribution >= 0.6 is 11.3 Å². The van der Waals surface area contributed by atoms with Crippen LogP contribution in [0.15, 0.2) is 0 Å². The lowest BCUT2D eigenvalue weighted by atomic mass is 9.91. The van der Waals surface area contributed by atoms with E-state index in [1.54, 1.807) is 11.3 Å². The zero-order chi connectivity index (χ0) is 12.6. The zero-order valence-electron chi connectivity index (χ0n) is 11.2. The molecule has 0 unspecified atom stereocenters. The molecule has 0 spiro atoms. The molecule has 0 radical (unpaired) electrons. The number of aliphatic hydroxyl groups excluding tert-OH is 1. The summed E-state index contributed by atoms with van der Waals surface area (Å²) in [6, 6.07) is 0.686. The molecule has 0 saturated heterocycles. The third kappa shape index (κ3) is 2.63. The molecule has 0 amide bonds. The van der Waals surface area contributed by atoms with Crippen LogP contribution in [0, 0.1) is 0 Å². The molecule has 1 aromatic heterocycles. The minimum absolute atomic E-state index is 0.00970. The Kier molecular flexibility index (Phi) is 3.46. The van der Waals surface area contributed by atoms with E-state index >= 15 is 0 Å². The predicted octanol–water partition coefficient (Wildman–Crippen LogP) is 2.92. The van der Waals surface area contributed by atoms with Gasteiger partial charge < -0.3 is 10.0 Å². The maximum atomic E-state index is 9.46. The number of aliphatic hydroxyl groups is 1. The van der Waals surface area contributed by atoms with Gasteiger partial charge in [-0.2, -0.15) is 0 Å². The Balaban J connectivity index is 2.32. The molecule has 1 saturated carbocycles. The van der Waals surface area contributed by atoms with Gasteiger partial charge in [-0.25, -0.2) is 4.98 Å². The van der Waals surface area contributed by atoms with E-state index in [9.17, 15) is 5.11 Å². The van der Waals surface area contributed by atoms with Crippen molar-refractivity contribution in [2.24, 2.45) is 0 Å². The second-order valence-corrected chi connectivity index (χ2v) is 6.76. The average Bonchev–Trinajstić information content (AvgIpc) is 2.96. The topological polar surface area (TPSA) is 36.4 Å². The summed E-state index contributed by atoms with van der Waals surface area (Å²) >= 11 is 1.65. The number of hydrogen-bond acceptors (Lipinski definition) is 4. The number of nitrogens with zero attached hydrogens (tertiary/aromatic N) is 2. The van der Waals surface area contributed by atoms with Crippen molar-refractivity contribution in [1.82, 2.24) is 4.98 Å². The maximum absolute atomic E-state index is 9.46. The fraction of sp³-hybridized carbons (Fsp3) is 0.769. The van der Waals surface area contributed by atoms with Crippen molar-refractivity contribution in [2.75, 3.05) is 11.4 Å². The van der Waals surface area contributed by atoms with Crippen molar-refractivity contribution in [2.45, 2.75) is 58.6 Å². The van der Waals surface area contributed by atoms with E-state index in [0.717, 1.165) is 22.2 Å². The third-order valence-corrected chi connectivity index (χ3v) is 4.19. The quantitative estimate of drug-likeness (QED) is 0.897. The Labute approximate surface area is 107 Å². The van der Waals surface area contributed by atoms with Crippen LogP contribution in [0.2, 0.25) is 0 Å². The van der Waals surface area contributed by atoms with Crippen LogP contribution in [-0.2, 0) is 12.0 Å². The molecule has 0 bridgehead atoms. The standard InChI is InChI=1S/C13H22N2OS/c1-5-15(9-6-7-9)12-14-11(13(2,3)4)10(8-16)17-12/h9,16H,5-8H2,1-4H3. The molecule has 1 aliphatic rings. The molecule has 96 valence electrons. The number of thiazole rings is 1. The van der Waals surface area contributed by atoms with Gasteiger partial charge in [0.2, 0.25) is 0 Å². The Hall–Kier alpha value is -0.610. The maximum Gasteiger partial charge on any atom is 0.186 e. The lowest BCUT2D eigenvalue weighted by molar-refractivity contribution is 0.282. The van der Waals surface area contributed by atoms with Crippen molar-refractivity contribution in [1.29, 1.82) is 0 Å². The molecule has 2 rings (SSSR count). The van der Waals surface area contributed by atoms with Crippen molar-refractivity contribution in [3.8, 4) is 0 Å². The Bertz CT molecular complexity index is 391. The van der Waals surface area contributed by atoms with Gasteiger partial charge in [-0.05, 0) is 19.8 Å². The summed E-state index contributed by atoms with van der Waals surface area (Å²) in [6.07, 6.45) is 2.57. The smallest absolute Gasteiger partial charge is 0.186 e. The Morgan fingerprint density at radius 2 is 2.06 bits per heavy atom. The summed E-state index contributed by atoms with van der Waals surface area (Å²) in [5.74, 6) is 0. The highest BCUT2D eigenvalue weighted by Crippen LogP contribution is 2.38. The summed E-state index contributed by atoms with van der Waals surface area (Å²) in [5, 5.41) is 10.5. The largest absolute Gasteiger partial charge is 0.391 e. The summed E-state index contributed by atoms with van der Waals surface area (Å²) in [4.78, 5) is 8.16. The second-order valence-electron chi connectivity index (χ2n) is 5.69. The van der Waals surface area contributed by atoms with E-state index in [1.807, 2.05) is 0 Å². The highest BCUT2D eigenvalue weighted by Gasteiger charge is 2.32. The van der Waals surface area contributed by atoms with E-state index in [2.05, 4.69) is 32.6 Å². The number of hydrogen-bond donors (Lipinski definition) is 1. The lowest BCUT2D eigenvalue weighted by Gasteiger charge is -2.20. The first-order valence-electron chi connectivity index (χ1n) is 6.35. The lowest BCUT2D eigenvalue weighted by Crippen LogP contribution is -2.25. The SMILES string of the molecule is CCN(c1nc(C(C)(C)C)c(CO)s1)C1CC1. The average molecular weight is 254 g/mol. The van der Waals surface area contributed by atoms with Gasteiger partial charge in [-0.15, -0.1) is 0 Å². The van der Waals surface area contributed by atoms with Crippen molar-refractivity contribution in [3.05, 3.63) is 10.6 Å². The van der Waals surface area contributed by atoms with E-state index in [0.29, 0.717) is 6.04 Å². The van der Waals surface area contributed by atoms with Crippen LogP contribution in [0.3, 0.4) is 0 Å². The van der Waals surface area contributed by atoms with Crippen molar-refractivity contribution < 1.29 is 5.11 Å².